The van der Waals surface area contributed by atoms with Crippen molar-refractivity contribution in [3.63, 3.8) is 0 Å². The van der Waals surface area contributed by atoms with Crippen molar-refractivity contribution in [3.8, 4) is 0 Å². The second kappa shape index (κ2) is 5.13. The smallest absolute Gasteiger partial charge is 0.223 e. The summed E-state index contributed by atoms with van der Waals surface area (Å²) in [5.74, 6) is 0. The van der Waals surface area contributed by atoms with E-state index in [-0.39, 0.29) is 0 Å². The highest BCUT2D eigenvalue weighted by Crippen LogP contribution is 2.14. The number of rotatable bonds is 5. The summed E-state index contributed by atoms with van der Waals surface area (Å²) in [6.07, 6.45) is 2.88. The van der Waals surface area contributed by atoms with E-state index in [0.717, 1.165) is 23.7 Å². The topological polar surface area (TPSA) is 20.2 Å². The number of hydrogen-bond donors (Lipinski definition) is 1. The molecule has 14 heavy (non-hydrogen) atoms. The monoisotopic (exact) mass is 206 g/mol. The van der Waals surface area contributed by atoms with E-state index >= 15 is 0 Å². The summed E-state index contributed by atoms with van der Waals surface area (Å²) in [7, 11) is -2.24. The van der Waals surface area contributed by atoms with Crippen molar-refractivity contribution in [1.82, 2.24) is 0 Å². The summed E-state index contributed by atoms with van der Waals surface area (Å²) in [6, 6.07) is 11.7. The van der Waals surface area contributed by atoms with E-state index in [0.29, 0.717) is 0 Å². The summed E-state index contributed by atoms with van der Waals surface area (Å²) in [6.45, 7) is 5.84. The van der Waals surface area contributed by atoms with Gasteiger partial charge in [-0.15, -0.1) is 6.58 Å². The van der Waals surface area contributed by atoms with Gasteiger partial charge in [0.15, 0.2) is 0 Å². The predicted molar refractivity (Wildman–Crippen MR) is 64.2 cm³/mol. The molecular formula is C12H18OSi. The van der Waals surface area contributed by atoms with Gasteiger partial charge < -0.3 is 4.80 Å². The summed E-state index contributed by atoms with van der Waals surface area (Å²) in [5, 5.41) is 1.13. The molecular weight excluding hydrogens is 188 g/mol. The molecule has 0 aromatic heterocycles. The van der Waals surface area contributed by atoms with E-state index in [2.05, 4.69) is 13.5 Å². The molecule has 1 rings (SSSR count). The summed E-state index contributed by atoms with van der Waals surface area (Å²) < 4.78 is 0. The van der Waals surface area contributed by atoms with Crippen molar-refractivity contribution < 1.29 is 4.80 Å². The van der Waals surface area contributed by atoms with Gasteiger partial charge in [0.25, 0.3) is 0 Å². The first-order valence-electron chi connectivity index (χ1n) is 5.12. The molecule has 0 spiro atoms. The molecule has 0 aliphatic carbocycles. The molecule has 0 fully saturated rings. The minimum absolute atomic E-state index is 0.755. The van der Waals surface area contributed by atoms with E-state index in [1.54, 1.807) is 0 Å². The highest BCUT2D eigenvalue weighted by atomic mass is 28.4. The maximum Gasteiger partial charge on any atom is 0.223 e. The summed E-state index contributed by atoms with van der Waals surface area (Å²) in [4.78, 5) is 10.6. The fourth-order valence-electron chi connectivity index (χ4n) is 1.77. The van der Waals surface area contributed by atoms with E-state index in [1.165, 1.54) is 0 Å². The lowest BCUT2D eigenvalue weighted by molar-refractivity contribution is 0.548. The second-order valence-corrected chi connectivity index (χ2v) is 7.19. The van der Waals surface area contributed by atoms with Gasteiger partial charge in [0.2, 0.25) is 8.32 Å². The minimum atomic E-state index is -2.24. The van der Waals surface area contributed by atoms with Gasteiger partial charge in [-0.25, -0.2) is 0 Å². The van der Waals surface area contributed by atoms with E-state index in [4.69, 9.17) is 0 Å². The molecule has 76 valence electrons. The molecule has 0 bridgehead atoms. The van der Waals surface area contributed by atoms with Gasteiger partial charge in [-0.05, 0) is 17.3 Å². The molecule has 1 nitrogen and oxygen atoms in total. The molecule has 0 aliphatic heterocycles. The Morgan fingerprint density at radius 3 is 2.50 bits per heavy atom. The number of hydrogen-bond acceptors (Lipinski definition) is 1. The van der Waals surface area contributed by atoms with Crippen LogP contribution in [0.25, 0.3) is 0 Å². The Labute approximate surface area is 87.2 Å². The van der Waals surface area contributed by atoms with Gasteiger partial charge in [-0.3, -0.25) is 0 Å². The standard InChI is InChI=1S/C12H18OSi/c1-3-10-14(13,11-4-2)12-8-6-5-7-9-12/h3,5-9,13H,1,4,10-11H2,2H3. The number of benzene rings is 1. The normalized spacial score (nSPS) is 14.7. The average Bonchev–Trinajstić information content (AvgIpc) is 2.20. The van der Waals surface area contributed by atoms with Crippen molar-refractivity contribution >= 4 is 13.5 Å². The first-order chi connectivity index (χ1) is 6.73. The van der Waals surface area contributed by atoms with Crippen LogP contribution < -0.4 is 5.19 Å². The Morgan fingerprint density at radius 1 is 1.36 bits per heavy atom. The first kappa shape index (κ1) is 11.2. The predicted octanol–water partition coefficient (Wildman–Crippen LogP) is 2.43. The fourth-order valence-corrected chi connectivity index (χ4v) is 4.61. The lowest BCUT2D eigenvalue weighted by atomic mass is 10.4. The molecule has 1 N–H and O–H groups in total. The van der Waals surface area contributed by atoms with Crippen LogP contribution in [-0.2, 0) is 0 Å². The molecule has 0 heterocycles. The van der Waals surface area contributed by atoms with Crippen LogP contribution in [0.1, 0.15) is 13.3 Å². The van der Waals surface area contributed by atoms with Gasteiger partial charge in [0.1, 0.15) is 0 Å². The quantitative estimate of drug-likeness (QED) is 0.579. The molecule has 0 saturated carbocycles. The van der Waals surface area contributed by atoms with E-state index < -0.39 is 8.32 Å². The van der Waals surface area contributed by atoms with Crippen molar-refractivity contribution in [1.29, 1.82) is 0 Å². The van der Waals surface area contributed by atoms with E-state index in [1.807, 2.05) is 36.4 Å². The SMILES string of the molecule is C=CC[Si](O)(CCC)c1ccccc1. The lowest BCUT2D eigenvalue weighted by Crippen LogP contribution is -2.47. The molecule has 1 unspecified atom stereocenters. The van der Waals surface area contributed by atoms with Gasteiger partial charge in [0.05, 0.1) is 0 Å². The van der Waals surface area contributed by atoms with Crippen LogP contribution in [0.2, 0.25) is 12.1 Å². The Kier molecular flexibility index (Phi) is 4.11. The lowest BCUT2D eigenvalue weighted by Gasteiger charge is -2.23. The van der Waals surface area contributed by atoms with Crippen LogP contribution in [0.3, 0.4) is 0 Å². The zero-order valence-electron chi connectivity index (χ0n) is 8.74. The molecule has 0 aliphatic rings. The highest BCUT2D eigenvalue weighted by molar-refractivity contribution is 6.85. The molecule has 0 amide bonds. The summed E-state index contributed by atoms with van der Waals surface area (Å²) >= 11 is 0. The van der Waals surface area contributed by atoms with E-state index in [9.17, 15) is 4.80 Å². The Hall–Kier alpha value is -0.863. The second-order valence-electron chi connectivity index (χ2n) is 3.64. The molecule has 1 aromatic carbocycles. The molecule has 0 radical (unpaired) electrons. The van der Waals surface area contributed by atoms with Crippen molar-refractivity contribution in [2.24, 2.45) is 0 Å². The Bertz CT molecular complexity index is 284. The van der Waals surface area contributed by atoms with Gasteiger partial charge in [-0.1, -0.05) is 49.8 Å². The van der Waals surface area contributed by atoms with Crippen molar-refractivity contribution in [2.45, 2.75) is 25.4 Å². The van der Waals surface area contributed by atoms with Crippen LogP contribution in [-0.4, -0.2) is 13.1 Å². The Morgan fingerprint density at radius 2 is 2.00 bits per heavy atom. The van der Waals surface area contributed by atoms with Crippen molar-refractivity contribution in [3.05, 3.63) is 43.0 Å². The van der Waals surface area contributed by atoms with Gasteiger partial charge in [-0.2, -0.15) is 0 Å². The van der Waals surface area contributed by atoms with Gasteiger partial charge >= 0.3 is 0 Å². The third-order valence-corrected chi connectivity index (χ3v) is 6.16. The van der Waals surface area contributed by atoms with Crippen LogP contribution in [0.4, 0.5) is 0 Å². The Balaban J connectivity index is 2.92. The first-order valence-corrected chi connectivity index (χ1v) is 7.48. The summed E-state index contributed by atoms with van der Waals surface area (Å²) in [5.41, 5.74) is 0. The minimum Gasteiger partial charge on any atom is -0.427 e. The molecule has 1 aromatic rings. The zero-order valence-corrected chi connectivity index (χ0v) is 9.74. The van der Waals surface area contributed by atoms with Crippen LogP contribution in [0.15, 0.2) is 43.0 Å². The molecule has 0 saturated heterocycles. The zero-order chi connectivity index (χ0) is 10.4. The van der Waals surface area contributed by atoms with Crippen LogP contribution in [0, 0.1) is 0 Å². The molecule has 1 atom stereocenters. The largest absolute Gasteiger partial charge is 0.427 e. The maximum atomic E-state index is 10.6. The molecule has 2 heteroatoms. The third kappa shape index (κ3) is 2.56. The fraction of sp³-hybridized carbons (Fsp3) is 0.333. The van der Waals surface area contributed by atoms with Crippen LogP contribution >= 0.6 is 0 Å². The van der Waals surface area contributed by atoms with Gasteiger partial charge in [0, 0.05) is 0 Å². The van der Waals surface area contributed by atoms with Crippen LogP contribution in [0.5, 0.6) is 0 Å². The van der Waals surface area contributed by atoms with Crippen molar-refractivity contribution in [2.75, 3.05) is 0 Å². The maximum absolute atomic E-state index is 10.6. The highest BCUT2D eigenvalue weighted by Gasteiger charge is 2.30. The third-order valence-electron chi connectivity index (χ3n) is 2.46. The number of allylic oxidation sites excluding steroid dienone is 1. The average molecular weight is 206 g/mol.